The Balaban J connectivity index is 1.71. The molecular formula is C21H27N3O3. The van der Waals surface area contributed by atoms with E-state index in [2.05, 4.69) is 29.2 Å². The molecule has 0 atom stereocenters. The molecule has 0 aliphatic carbocycles. The molecule has 27 heavy (non-hydrogen) atoms. The molecule has 2 amide bonds. The van der Waals surface area contributed by atoms with Gasteiger partial charge in [-0.1, -0.05) is 42.1 Å². The average Bonchev–Trinajstić information content (AvgIpc) is 3.06. The Kier molecular flexibility index (Phi) is 5.35. The largest absolute Gasteiger partial charge is 0.389 e. The molecule has 144 valence electrons. The Morgan fingerprint density at radius 3 is 2.48 bits per heavy atom. The summed E-state index contributed by atoms with van der Waals surface area (Å²) in [6, 6.07) is 10.2. The summed E-state index contributed by atoms with van der Waals surface area (Å²) in [7, 11) is 0. The van der Waals surface area contributed by atoms with Crippen LogP contribution in [0.5, 0.6) is 0 Å². The molecule has 1 fully saturated rings. The number of hydrogen-bond donors (Lipinski definition) is 1. The number of likely N-dealkylation sites (tertiary alicyclic amines) is 1. The normalized spacial score (nSPS) is 20.4. The van der Waals surface area contributed by atoms with E-state index in [9.17, 15) is 9.59 Å². The van der Waals surface area contributed by atoms with Gasteiger partial charge in [-0.15, -0.1) is 0 Å². The monoisotopic (exact) mass is 369 g/mol. The van der Waals surface area contributed by atoms with Crippen LogP contribution in [0.2, 0.25) is 0 Å². The maximum atomic E-state index is 12.8. The molecule has 2 aliphatic heterocycles. The zero-order valence-corrected chi connectivity index (χ0v) is 16.0. The third-order valence-corrected chi connectivity index (χ3v) is 5.42. The first kappa shape index (κ1) is 19.1. The Hall–Kier alpha value is -2.63. The molecule has 6 heteroatoms. The van der Waals surface area contributed by atoms with E-state index in [1.807, 2.05) is 36.9 Å². The van der Waals surface area contributed by atoms with Crippen LogP contribution in [-0.4, -0.2) is 47.7 Å². The maximum absolute atomic E-state index is 12.8. The second-order valence-corrected chi connectivity index (χ2v) is 7.93. The molecule has 2 aliphatic rings. The highest BCUT2D eigenvalue weighted by Crippen LogP contribution is 2.35. The van der Waals surface area contributed by atoms with Gasteiger partial charge in [0.25, 0.3) is 5.91 Å². The summed E-state index contributed by atoms with van der Waals surface area (Å²) in [5.41, 5.74) is 1.07. The second-order valence-electron chi connectivity index (χ2n) is 7.93. The van der Waals surface area contributed by atoms with Crippen LogP contribution in [0.4, 0.5) is 0 Å². The van der Waals surface area contributed by atoms with Crippen LogP contribution >= 0.6 is 0 Å². The minimum Gasteiger partial charge on any atom is -0.389 e. The highest BCUT2D eigenvalue weighted by Gasteiger charge is 2.40. The lowest BCUT2D eigenvalue weighted by molar-refractivity contribution is -0.126. The van der Waals surface area contributed by atoms with E-state index in [1.165, 1.54) is 11.6 Å². The van der Waals surface area contributed by atoms with Crippen LogP contribution in [-0.2, 0) is 19.8 Å². The summed E-state index contributed by atoms with van der Waals surface area (Å²) in [5, 5.41) is 6.93. The zero-order chi connectivity index (χ0) is 19.5. The third-order valence-electron chi connectivity index (χ3n) is 5.42. The van der Waals surface area contributed by atoms with Gasteiger partial charge in [-0.05, 0) is 38.3 Å². The molecule has 1 aromatic carbocycles. The van der Waals surface area contributed by atoms with Crippen molar-refractivity contribution >= 4 is 17.5 Å². The number of nitrogens with one attached hydrogen (secondary N) is 1. The van der Waals surface area contributed by atoms with Crippen LogP contribution in [0.15, 0.2) is 48.1 Å². The lowest BCUT2D eigenvalue weighted by Gasteiger charge is -2.42. The maximum Gasteiger partial charge on any atom is 0.271 e. The van der Waals surface area contributed by atoms with E-state index in [1.54, 1.807) is 0 Å². The number of hydrogen-bond acceptors (Lipinski definition) is 4. The van der Waals surface area contributed by atoms with Crippen molar-refractivity contribution in [3.05, 3.63) is 48.6 Å². The molecule has 3 rings (SSSR count). The number of nitrogens with zero attached hydrogens (tertiary/aromatic N) is 2. The fourth-order valence-electron chi connectivity index (χ4n) is 3.77. The van der Waals surface area contributed by atoms with Crippen molar-refractivity contribution < 1.29 is 14.4 Å². The van der Waals surface area contributed by atoms with Gasteiger partial charge in [-0.25, -0.2) is 0 Å². The highest BCUT2D eigenvalue weighted by atomic mass is 16.7. The SMILES string of the molecule is C=CC(=O)NCC1(c2ccccc2)CCN(C(=O)C2=NOC(C)(C)C2)CC1. The summed E-state index contributed by atoms with van der Waals surface area (Å²) in [5.74, 6) is -0.221. The second kappa shape index (κ2) is 7.55. The topological polar surface area (TPSA) is 71.0 Å². The fraction of sp³-hybridized carbons (Fsp3) is 0.476. The fourth-order valence-corrected chi connectivity index (χ4v) is 3.77. The summed E-state index contributed by atoms with van der Waals surface area (Å²) >= 11 is 0. The first-order chi connectivity index (χ1) is 12.9. The van der Waals surface area contributed by atoms with E-state index in [4.69, 9.17) is 4.84 Å². The van der Waals surface area contributed by atoms with Crippen LogP contribution in [0.3, 0.4) is 0 Å². The smallest absolute Gasteiger partial charge is 0.271 e. The van der Waals surface area contributed by atoms with Gasteiger partial charge in [0.2, 0.25) is 5.91 Å². The molecular weight excluding hydrogens is 342 g/mol. The standard InChI is InChI=1S/C21H27N3O3/c1-4-18(25)22-15-21(16-8-6-5-7-9-16)10-12-24(13-11-21)19(26)17-14-20(2,3)27-23-17/h4-9H,1,10-15H2,2-3H3,(H,22,25). The Morgan fingerprint density at radius 2 is 1.93 bits per heavy atom. The molecule has 0 bridgehead atoms. The number of benzene rings is 1. The minimum atomic E-state index is -0.413. The Labute approximate surface area is 160 Å². The van der Waals surface area contributed by atoms with Crippen molar-refractivity contribution in [2.24, 2.45) is 5.16 Å². The van der Waals surface area contributed by atoms with Crippen molar-refractivity contribution in [1.82, 2.24) is 10.2 Å². The Morgan fingerprint density at radius 1 is 1.26 bits per heavy atom. The first-order valence-corrected chi connectivity index (χ1v) is 9.35. The minimum absolute atomic E-state index is 0.0441. The van der Waals surface area contributed by atoms with E-state index in [0.717, 1.165) is 12.8 Å². The van der Waals surface area contributed by atoms with Crippen LogP contribution in [0.1, 0.15) is 38.7 Å². The number of rotatable bonds is 5. The third kappa shape index (κ3) is 4.21. The molecule has 0 spiro atoms. The number of carbonyl (C=O) groups excluding carboxylic acids is 2. The van der Waals surface area contributed by atoms with Crippen molar-refractivity contribution in [3.8, 4) is 0 Å². The summed E-state index contributed by atoms with van der Waals surface area (Å²) in [6.45, 7) is 9.15. The molecule has 0 aromatic heterocycles. The summed E-state index contributed by atoms with van der Waals surface area (Å²) < 4.78 is 0. The number of piperidine rings is 1. The van der Waals surface area contributed by atoms with Gasteiger partial charge in [0.15, 0.2) is 0 Å². The lowest BCUT2D eigenvalue weighted by Crippen LogP contribution is -2.51. The number of carbonyl (C=O) groups is 2. The average molecular weight is 369 g/mol. The van der Waals surface area contributed by atoms with Crippen LogP contribution in [0, 0.1) is 0 Å². The van der Waals surface area contributed by atoms with Gasteiger partial charge < -0.3 is 15.1 Å². The molecule has 0 radical (unpaired) electrons. The molecule has 1 saturated heterocycles. The zero-order valence-electron chi connectivity index (χ0n) is 16.0. The molecule has 2 heterocycles. The summed E-state index contributed by atoms with van der Waals surface area (Å²) in [4.78, 5) is 31.7. The number of amides is 2. The van der Waals surface area contributed by atoms with E-state index in [0.29, 0.717) is 31.8 Å². The van der Waals surface area contributed by atoms with Gasteiger partial charge >= 0.3 is 0 Å². The van der Waals surface area contributed by atoms with Gasteiger partial charge in [-0.2, -0.15) is 0 Å². The van der Waals surface area contributed by atoms with Crippen LogP contribution in [0.25, 0.3) is 0 Å². The molecule has 6 nitrogen and oxygen atoms in total. The predicted octanol–water partition coefficient (Wildman–Crippen LogP) is 2.40. The van der Waals surface area contributed by atoms with Gasteiger partial charge in [-0.3, -0.25) is 9.59 Å². The van der Waals surface area contributed by atoms with E-state index >= 15 is 0 Å². The van der Waals surface area contributed by atoms with Gasteiger partial charge in [0, 0.05) is 31.5 Å². The predicted molar refractivity (Wildman–Crippen MR) is 104 cm³/mol. The van der Waals surface area contributed by atoms with Crippen molar-refractivity contribution in [3.63, 3.8) is 0 Å². The van der Waals surface area contributed by atoms with E-state index in [-0.39, 0.29) is 17.2 Å². The van der Waals surface area contributed by atoms with Gasteiger partial charge in [0.1, 0.15) is 11.3 Å². The first-order valence-electron chi connectivity index (χ1n) is 9.35. The quantitative estimate of drug-likeness (QED) is 0.810. The van der Waals surface area contributed by atoms with Crippen molar-refractivity contribution in [2.75, 3.05) is 19.6 Å². The van der Waals surface area contributed by atoms with Crippen molar-refractivity contribution in [2.45, 2.75) is 44.1 Å². The van der Waals surface area contributed by atoms with Gasteiger partial charge in [0.05, 0.1) is 0 Å². The molecule has 0 saturated carbocycles. The summed E-state index contributed by atoms with van der Waals surface area (Å²) in [6.07, 6.45) is 3.37. The molecule has 0 unspecified atom stereocenters. The van der Waals surface area contributed by atoms with Crippen LogP contribution < -0.4 is 5.32 Å². The highest BCUT2D eigenvalue weighted by molar-refractivity contribution is 6.39. The van der Waals surface area contributed by atoms with Crippen molar-refractivity contribution in [1.29, 1.82) is 0 Å². The number of oxime groups is 1. The lowest BCUT2D eigenvalue weighted by atomic mass is 9.72. The molecule has 1 aromatic rings. The Bertz CT molecular complexity index is 747. The van der Waals surface area contributed by atoms with E-state index < -0.39 is 5.60 Å². The molecule has 1 N–H and O–H groups in total.